The van der Waals surface area contributed by atoms with Gasteiger partial charge in [0.1, 0.15) is 11.6 Å². The maximum absolute atomic E-state index is 5.50. The van der Waals surface area contributed by atoms with Gasteiger partial charge >= 0.3 is 0 Å². The minimum absolute atomic E-state index is 0.334. The second-order valence-corrected chi connectivity index (χ2v) is 6.43. The molecule has 0 radical (unpaired) electrons. The zero-order valence-electron chi connectivity index (χ0n) is 11.5. The summed E-state index contributed by atoms with van der Waals surface area (Å²) in [5.74, 6) is 7.09. The highest BCUT2D eigenvalue weighted by molar-refractivity contribution is 7.98. The van der Waals surface area contributed by atoms with Crippen LogP contribution in [-0.2, 0) is 6.42 Å². The Morgan fingerprint density at radius 1 is 1.50 bits per heavy atom. The van der Waals surface area contributed by atoms with E-state index < -0.39 is 0 Å². The number of nitrogen functional groups attached to an aromatic ring is 1. The Balaban J connectivity index is 1.97. The molecule has 106 valence electrons. The van der Waals surface area contributed by atoms with E-state index in [4.69, 9.17) is 5.84 Å². The van der Waals surface area contributed by atoms with Crippen molar-refractivity contribution in [2.75, 3.05) is 23.1 Å². The smallest absolute Gasteiger partial charge is 0.191 e. The monoisotopic (exact) mass is 307 g/mol. The van der Waals surface area contributed by atoms with Crippen molar-refractivity contribution in [3.63, 3.8) is 0 Å². The Morgan fingerprint density at radius 3 is 3.10 bits per heavy atom. The molecule has 0 bridgehead atoms. The maximum atomic E-state index is 5.50. The predicted octanol–water partition coefficient (Wildman–Crippen LogP) is 2.67. The van der Waals surface area contributed by atoms with Crippen molar-refractivity contribution in [1.29, 1.82) is 0 Å². The van der Waals surface area contributed by atoms with E-state index in [1.54, 1.807) is 0 Å². The SMILES string of the molecule is CSc1nc(NN)cc(N2CCc3sccc3C2C)n1. The maximum Gasteiger partial charge on any atom is 0.191 e. The molecule has 20 heavy (non-hydrogen) atoms. The van der Waals surface area contributed by atoms with Gasteiger partial charge in [0, 0.05) is 17.5 Å². The van der Waals surface area contributed by atoms with Gasteiger partial charge in [0.15, 0.2) is 5.16 Å². The van der Waals surface area contributed by atoms with Crippen LogP contribution in [0.25, 0.3) is 0 Å². The van der Waals surface area contributed by atoms with Crippen LogP contribution in [-0.4, -0.2) is 22.8 Å². The fourth-order valence-electron chi connectivity index (χ4n) is 2.55. The molecule has 1 aliphatic heterocycles. The van der Waals surface area contributed by atoms with Crippen LogP contribution in [0.3, 0.4) is 0 Å². The minimum atomic E-state index is 0.334. The van der Waals surface area contributed by atoms with Crippen molar-refractivity contribution in [1.82, 2.24) is 9.97 Å². The van der Waals surface area contributed by atoms with Crippen LogP contribution in [0.4, 0.5) is 11.6 Å². The second-order valence-electron chi connectivity index (χ2n) is 4.66. The number of fused-ring (bicyclic) bond motifs is 1. The number of rotatable bonds is 3. The van der Waals surface area contributed by atoms with E-state index in [1.807, 2.05) is 23.7 Å². The quantitative estimate of drug-likeness (QED) is 0.393. The number of thiophene rings is 1. The van der Waals surface area contributed by atoms with E-state index in [-0.39, 0.29) is 0 Å². The average molecular weight is 307 g/mol. The van der Waals surface area contributed by atoms with Crippen LogP contribution in [0, 0.1) is 0 Å². The van der Waals surface area contributed by atoms with Crippen LogP contribution in [0.5, 0.6) is 0 Å². The lowest BCUT2D eigenvalue weighted by Gasteiger charge is -2.34. The molecule has 0 fully saturated rings. The van der Waals surface area contributed by atoms with Crippen molar-refractivity contribution in [2.45, 2.75) is 24.5 Å². The summed E-state index contributed by atoms with van der Waals surface area (Å²) >= 11 is 3.37. The van der Waals surface area contributed by atoms with E-state index in [9.17, 15) is 0 Å². The number of nitrogens with two attached hydrogens (primary N) is 1. The molecule has 0 aromatic carbocycles. The number of thioether (sulfide) groups is 1. The third-order valence-electron chi connectivity index (χ3n) is 3.59. The lowest BCUT2D eigenvalue weighted by Crippen LogP contribution is -2.34. The number of hydrazine groups is 1. The molecule has 7 heteroatoms. The number of nitrogens with zero attached hydrogens (tertiary/aromatic N) is 3. The Hall–Kier alpha value is -1.31. The lowest BCUT2D eigenvalue weighted by atomic mass is 10.0. The molecule has 1 aliphatic rings. The van der Waals surface area contributed by atoms with Crippen LogP contribution in [0.2, 0.25) is 0 Å². The van der Waals surface area contributed by atoms with Gasteiger partial charge in [-0.15, -0.1) is 11.3 Å². The molecule has 0 saturated carbocycles. The molecule has 3 heterocycles. The predicted molar refractivity (Wildman–Crippen MR) is 85.4 cm³/mol. The lowest BCUT2D eigenvalue weighted by molar-refractivity contribution is 0.620. The van der Waals surface area contributed by atoms with Crippen molar-refractivity contribution < 1.29 is 0 Å². The van der Waals surface area contributed by atoms with Gasteiger partial charge in [-0.25, -0.2) is 15.8 Å². The number of anilines is 2. The molecule has 1 unspecified atom stereocenters. The molecular formula is C13H17N5S2. The van der Waals surface area contributed by atoms with E-state index >= 15 is 0 Å². The number of hydrogen-bond donors (Lipinski definition) is 2. The molecule has 0 aliphatic carbocycles. The third-order valence-corrected chi connectivity index (χ3v) is 5.14. The van der Waals surface area contributed by atoms with Gasteiger partial charge in [-0.05, 0) is 36.6 Å². The van der Waals surface area contributed by atoms with Gasteiger partial charge in [-0.3, -0.25) is 0 Å². The fourth-order valence-corrected chi connectivity index (χ4v) is 3.88. The van der Waals surface area contributed by atoms with Crippen molar-refractivity contribution in [3.8, 4) is 0 Å². The summed E-state index contributed by atoms with van der Waals surface area (Å²) in [7, 11) is 0. The Labute approximate surface area is 126 Å². The van der Waals surface area contributed by atoms with Gasteiger partial charge < -0.3 is 10.3 Å². The fraction of sp³-hybridized carbons (Fsp3) is 0.385. The average Bonchev–Trinajstić information content (AvgIpc) is 2.96. The molecule has 2 aromatic heterocycles. The van der Waals surface area contributed by atoms with E-state index in [0.29, 0.717) is 11.9 Å². The Morgan fingerprint density at radius 2 is 2.35 bits per heavy atom. The highest BCUT2D eigenvalue weighted by atomic mass is 32.2. The molecule has 2 aromatic rings. The summed E-state index contributed by atoms with van der Waals surface area (Å²) in [6.45, 7) is 3.20. The molecule has 0 saturated heterocycles. The topological polar surface area (TPSA) is 67.1 Å². The first-order chi connectivity index (χ1) is 9.72. The van der Waals surface area contributed by atoms with Crippen LogP contribution < -0.4 is 16.2 Å². The van der Waals surface area contributed by atoms with E-state index in [0.717, 1.165) is 23.9 Å². The molecule has 3 rings (SSSR count). The Bertz CT molecular complexity index is 590. The van der Waals surface area contributed by atoms with Crippen molar-refractivity contribution >= 4 is 34.7 Å². The normalized spacial score (nSPS) is 17.9. The molecule has 3 N–H and O–H groups in total. The van der Waals surface area contributed by atoms with Gasteiger partial charge in [-0.1, -0.05) is 11.8 Å². The van der Waals surface area contributed by atoms with Crippen LogP contribution in [0.15, 0.2) is 22.7 Å². The standard InChI is InChI=1S/C13H17N5S2/c1-8-9-4-6-20-10(9)3-5-18(8)12-7-11(17-14)15-13(16-12)19-2/h4,6-8H,3,5,14H2,1-2H3,(H,15,16,17). The number of aromatic nitrogens is 2. The van der Waals surface area contributed by atoms with E-state index in [2.05, 4.69) is 38.7 Å². The van der Waals surface area contributed by atoms with Crippen LogP contribution >= 0.6 is 23.1 Å². The summed E-state index contributed by atoms with van der Waals surface area (Å²) < 4.78 is 0. The first kappa shape index (κ1) is 13.7. The van der Waals surface area contributed by atoms with Crippen LogP contribution in [0.1, 0.15) is 23.4 Å². The summed E-state index contributed by atoms with van der Waals surface area (Å²) in [4.78, 5) is 12.7. The highest BCUT2D eigenvalue weighted by Gasteiger charge is 2.26. The molecule has 0 spiro atoms. The molecule has 5 nitrogen and oxygen atoms in total. The van der Waals surface area contributed by atoms with Gasteiger partial charge in [0.25, 0.3) is 0 Å². The molecule has 0 amide bonds. The minimum Gasteiger partial charge on any atom is -0.349 e. The first-order valence-corrected chi connectivity index (χ1v) is 8.56. The summed E-state index contributed by atoms with van der Waals surface area (Å²) in [5, 5.41) is 2.91. The Kier molecular flexibility index (Phi) is 3.82. The zero-order chi connectivity index (χ0) is 14.1. The molecular weight excluding hydrogens is 290 g/mol. The number of hydrogen-bond acceptors (Lipinski definition) is 7. The second kappa shape index (κ2) is 5.59. The third kappa shape index (κ3) is 2.36. The largest absolute Gasteiger partial charge is 0.349 e. The van der Waals surface area contributed by atoms with Gasteiger partial charge in [0.2, 0.25) is 0 Å². The summed E-state index contributed by atoms with van der Waals surface area (Å²) in [5.41, 5.74) is 4.03. The summed E-state index contributed by atoms with van der Waals surface area (Å²) in [6, 6.07) is 4.46. The van der Waals surface area contributed by atoms with Gasteiger partial charge in [-0.2, -0.15) is 0 Å². The highest BCUT2D eigenvalue weighted by Crippen LogP contribution is 2.36. The zero-order valence-corrected chi connectivity index (χ0v) is 13.1. The molecule has 1 atom stereocenters. The van der Waals surface area contributed by atoms with Gasteiger partial charge in [0.05, 0.1) is 6.04 Å². The van der Waals surface area contributed by atoms with Crippen molar-refractivity contribution in [3.05, 3.63) is 28.0 Å². The summed E-state index contributed by atoms with van der Waals surface area (Å²) in [6.07, 6.45) is 3.04. The van der Waals surface area contributed by atoms with Crippen molar-refractivity contribution in [2.24, 2.45) is 5.84 Å². The van der Waals surface area contributed by atoms with E-state index in [1.165, 1.54) is 22.2 Å². The first-order valence-electron chi connectivity index (χ1n) is 6.45. The number of nitrogens with one attached hydrogen (secondary N) is 1.